The highest BCUT2D eigenvalue weighted by Gasteiger charge is 2.42. The molecule has 0 radical (unpaired) electrons. The number of hydrogen-bond acceptors (Lipinski definition) is 2. The summed E-state index contributed by atoms with van der Waals surface area (Å²) in [6.07, 6.45) is 4.32. The lowest BCUT2D eigenvalue weighted by Gasteiger charge is -2.36. The van der Waals surface area contributed by atoms with Gasteiger partial charge in [0.25, 0.3) is 0 Å². The molecule has 2 aromatic rings. The first-order chi connectivity index (χ1) is 12.2. The van der Waals surface area contributed by atoms with Gasteiger partial charge in [-0.15, -0.1) is 0 Å². The zero-order valence-corrected chi connectivity index (χ0v) is 14.6. The summed E-state index contributed by atoms with van der Waals surface area (Å²) in [5.41, 5.74) is 0.426. The van der Waals surface area contributed by atoms with Gasteiger partial charge in [0.05, 0.1) is 12.0 Å². The number of benzene rings is 2. The van der Waals surface area contributed by atoms with Gasteiger partial charge in [0.1, 0.15) is 11.6 Å². The third kappa shape index (κ3) is 3.68. The number of rotatable bonds is 5. The molecule has 0 aliphatic heterocycles. The maximum Gasteiger partial charge on any atom is 0.235 e. The quantitative estimate of drug-likeness (QED) is 0.825. The summed E-state index contributed by atoms with van der Waals surface area (Å²) < 4.78 is 19.9. The fraction of sp³-hybridized carbons (Fsp3) is 0.381. The molecule has 0 atom stereocenters. The highest BCUT2D eigenvalue weighted by molar-refractivity contribution is 5.99. The Morgan fingerprint density at radius 1 is 1.08 bits per heavy atom. The predicted molar refractivity (Wildman–Crippen MR) is 97.4 cm³/mol. The fourth-order valence-corrected chi connectivity index (χ4v) is 3.68. The summed E-state index contributed by atoms with van der Waals surface area (Å²) in [5, 5.41) is 2.99. The Morgan fingerprint density at radius 2 is 1.76 bits per heavy atom. The van der Waals surface area contributed by atoms with Crippen LogP contribution in [0.15, 0.2) is 48.5 Å². The van der Waals surface area contributed by atoms with E-state index in [2.05, 4.69) is 5.32 Å². The molecule has 1 N–H and O–H groups in total. The Bertz CT molecular complexity index is 721. The second-order valence-corrected chi connectivity index (χ2v) is 6.53. The molecule has 2 aromatic carbocycles. The van der Waals surface area contributed by atoms with Crippen molar-refractivity contribution < 1.29 is 13.9 Å². The Morgan fingerprint density at radius 3 is 2.40 bits per heavy atom. The average molecular weight is 341 g/mol. The lowest BCUT2D eigenvalue weighted by Crippen LogP contribution is -2.42. The van der Waals surface area contributed by atoms with Crippen molar-refractivity contribution in [2.75, 3.05) is 11.9 Å². The largest absolute Gasteiger partial charge is 0.494 e. The van der Waals surface area contributed by atoms with Gasteiger partial charge in [0.15, 0.2) is 0 Å². The molecule has 4 heteroatoms. The molecule has 0 saturated heterocycles. The summed E-state index contributed by atoms with van der Waals surface area (Å²) >= 11 is 0. The van der Waals surface area contributed by atoms with Gasteiger partial charge in [-0.3, -0.25) is 4.79 Å². The van der Waals surface area contributed by atoms with Crippen molar-refractivity contribution >= 4 is 11.6 Å². The fourth-order valence-electron chi connectivity index (χ4n) is 3.68. The van der Waals surface area contributed by atoms with Crippen LogP contribution in [0.1, 0.15) is 44.6 Å². The zero-order chi connectivity index (χ0) is 17.7. The Balaban J connectivity index is 1.86. The molecule has 1 fully saturated rings. The van der Waals surface area contributed by atoms with Crippen molar-refractivity contribution in [1.29, 1.82) is 0 Å². The lowest BCUT2D eigenvalue weighted by molar-refractivity contribution is -0.122. The van der Waals surface area contributed by atoms with Crippen LogP contribution in [0.5, 0.6) is 5.75 Å². The zero-order valence-electron chi connectivity index (χ0n) is 14.6. The molecule has 1 amide bonds. The third-order valence-corrected chi connectivity index (χ3v) is 4.95. The van der Waals surface area contributed by atoms with Gasteiger partial charge in [-0.2, -0.15) is 0 Å². The van der Waals surface area contributed by atoms with E-state index < -0.39 is 5.41 Å². The molecule has 3 nitrogen and oxygen atoms in total. The minimum Gasteiger partial charge on any atom is -0.494 e. The number of carbonyl (C=O) groups is 1. The molecular formula is C21H24FNO2. The van der Waals surface area contributed by atoms with Crippen LogP contribution in [0, 0.1) is 5.82 Å². The van der Waals surface area contributed by atoms with E-state index in [1.807, 2.05) is 31.2 Å². The highest BCUT2D eigenvalue weighted by Crippen LogP contribution is 2.41. The third-order valence-electron chi connectivity index (χ3n) is 4.95. The highest BCUT2D eigenvalue weighted by atomic mass is 19.1. The van der Waals surface area contributed by atoms with Crippen LogP contribution in [0.4, 0.5) is 10.1 Å². The van der Waals surface area contributed by atoms with Crippen molar-refractivity contribution in [2.45, 2.75) is 44.4 Å². The number of nitrogens with one attached hydrogen (secondary N) is 1. The molecule has 0 heterocycles. The molecule has 0 aromatic heterocycles. The predicted octanol–water partition coefficient (Wildman–Crippen LogP) is 5.07. The number of carbonyl (C=O) groups excluding carboxylic acids is 1. The van der Waals surface area contributed by atoms with Crippen molar-refractivity contribution in [2.24, 2.45) is 0 Å². The van der Waals surface area contributed by atoms with Gasteiger partial charge >= 0.3 is 0 Å². The topological polar surface area (TPSA) is 38.3 Å². The standard InChI is InChI=1S/C21H24FNO2/c1-2-25-17-12-10-16(11-13-17)23-20(24)21(14-6-3-7-15-21)18-8-4-5-9-19(18)22/h4-5,8-13H,2-3,6-7,14-15H2,1H3,(H,23,24). The van der Waals surface area contributed by atoms with E-state index in [1.54, 1.807) is 18.2 Å². The van der Waals surface area contributed by atoms with Crippen LogP contribution < -0.4 is 10.1 Å². The Hall–Kier alpha value is -2.36. The average Bonchev–Trinajstić information content (AvgIpc) is 2.64. The molecular weight excluding hydrogens is 317 g/mol. The number of anilines is 1. The number of hydrogen-bond donors (Lipinski definition) is 1. The van der Waals surface area contributed by atoms with Crippen molar-refractivity contribution in [3.63, 3.8) is 0 Å². The molecule has 0 spiro atoms. The van der Waals surface area contributed by atoms with Gasteiger partial charge in [0, 0.05) is 11.3 Å². The van der Waals surface area contributed by atoms with E-state index in [0.29, 0.717) is 30.7 Å². The van der Waals surface area contributed by atoms with Crippen molar-refractivity contribution in [1.82, 2.24) is 0 Å². The van der Waals surface area contributed by atoms with Crippen molar-refractivity contribution in [3.8, 4) is 5.75 Å². The number of amides is 1. The van der Waals surface area contributed by atoms with E-state index in [0.717, 1.165) is 25.0 Å². The molecule has 132 valence electrons. The maximum atomic E-state index is 14.5. The van der Waals surface area contributed by atoms with Gasteiger partial charge in [0.2, 0.25) is 5.91 Å². The Kier molecular flexibility index (Phi) is 5.37. The van der Waals surface area contributed by atoms with E-state index >= 15 is 0 Å². The normalized spacial score (nSPS) is 16.2. The molecule has 25 heavy (non-hydrogen) atoms. The van der Waals surface area contributed by atoms with Gasteiger partial charge < -0.3 is 10.1 Å². The summed E-state index contributed by atoms with van der Waals surface area (Å²) in [6, 6.07) is 14.0. The van der Waals surface area contributed by atoms with Crippen LogP contribution in [0.3, 0.4) is 0 Å². The second kappa shape index (κ2) is 7.68. The van der Waals surface area contributed by atoms with Crippen LogP contribution in [-0.4, -0.2) is 12.5 Å². The molecule has 0 unspecified atom stereocenters. The van der Waals surface area contributed by atoms with Crippen LogP contribution in [0.25, 0.3) is 0 Å². The first kappa shape index (κ1) is 17.5. The van der Waals surface area contributed by atoms with E-state index in [-0.39, 0.29) is 11.7 Å². The van der Waals surface area contributed by atoms with Crippen LogP contribution >= 0.6 is 0 Å². The number of halogens is 1. The summed E-state index contributed by atoms with van der Waals surface area (Å²) in [7, 11) is 0. The SMILES string of the molecule is CCOc1ccc(NC(=O)C2(c3ccccc3F)CCCCC2)cc1. The molecule has 3 rings (SSSR count). The van der Waals surface area contributed by atoms with Crippen molar-refractivity contribution in [3.05, 3.63) is 59.9 Å². The summed E-state index contributed by atoms with van der Waals surface area (Å²) in [6.45, 7) is 2.53. The number of ether oxygens (including phenoxy) is 1. The maximum absolute atomic E-state index is 14.5. The molecule has 1 saturated carbocycles. The van der Waals surface area contributed by atoms with E-state index in [1.165, 1.54) is 6.07 Å². The Labute approximate surface area is 148 Å². The minimum atomic E-state index is -0.790. The van der Waals surface area contributed by atoms with E-state index in [9.17, 15) is 9.18 Å². The monoisotopic (exact) mass is 341 g/mol. The van der Waals surface area contributed by atoms with Gasteiger partial charge in [-0.05, 0) is 50.1 Å². The molecule has 1 aliphatic rings. The van der Waals surface area contributed by atoms with Crippen LogP contribution in [0.2, 0.25) is 0 Å². The first-order valence-electron chi connectivity index (χ1n) is 8.95. The summed E-state index contributed by atoms with van der Waals surface area (Å²) in [5.74, 6) is 0.342. The van der Waals surface area contributed by atoms with Gasteiger partial charge in [-0.1, -0.05) is 37.5 Å². The van der Waals surface area contributed by atoms with E-state index in [4.69, 9.17) is 4.74 Å². The van der Waals surface area contributed by atoms with Crippen LogP contribution in [-0.2, 0) is 10.2 Å². The molecule has 0 bridgehead atoms. The smallest absolute Gasteiger partial charge is 0.235 e. The summed E-state index contributed by atoms with van der Waals surface area (Å²) in [4.78, 5) is 13.1. The lowest BCUT2D eigenvalue weighted by atomic mass is 9.68. The van der Waals surface area contributed by atoms with Gasteiger partial charge in [-0.25, -0.2) is 4.39 Å². The first-order valence-corrected chi connectivity index (χ1v) is 8.95. The minimum absolute atomic E-state index is 0.124. The molecule has 1 aliphatic carbocycles. The second-order valence-electron chi connectivity index (χ2n) is 6.53.